The van der Waals surface area contributed by atoms with Crippen molar-refractivity contribution >= 4 is 11.5 Å². The molecule has 0 fully saturated rings. The largest absolute Gasteiger partial charge is 0.378 e. The quantitative estimate of drug-likeness (QED) is 0.686. The van der Waals surface area contributed by atoms with E-state index < -0.39 is 0 Å². The molecule has 0 saturated heterocycles. The van der Waals surface area contributed by atoms with E-state index in [0.29, 0.717) is 0 Å². The Balaban J connectivity index is 1.93. The van der Waals surface area contributed by atoms with Crippen molar-refractivity contribution in [3.05, 3.63) is 29.8 Å². The van der Waals surface area contributed by atoms with E-state index in [0.717, 1.165) is 31.2 Å². The summed E-state index contributed by atoms with van der Waals surface area (Å²) in [5.74, 6) is 0.963. The summed E-state index contributed by atoms with van der Waals surface area (Å²) in [5.41, 5.74) is 8.52. The van der Waals surface area contributed by atoms with E-state index >= 15 is 0 Å². The van der Waals surface area contributed by atoms with E-state index in [1.165, 1.54) is 5.56 Å². The molecule has 1 heterocycles. The first-order valence-corrected chi connectivity index (χ1v) is 5.18. The third-order valence-corrected chi connectivity index (χ3v) is 2.36. The number of rotatable bonds is 3. The van der Waals surface area contributed by atoms with Crippen LogP contribution in [0.25, 0.3) is 0 Å². The Labute approximate surface area is 89.8 Å². The van der Waals surface area contributed by atoms with Crippen LogP contribution in [0.3, 0.4) is 0 Å². The number of para-hydroxylation sites is 1. The van der Waals surface area contributed by atoms with Gasteiger partial charge >= 0.3 is 0 Å². The van der Waals surface area contributed by atoms with Gasteiger partial charge in [-0.1, -0.05) is 18.2 Å². The molecule has 2 rings (SSSR count). The lowest BCUT2D eigenvalue weighted by molar-refractivity contribution is 0.622. The lowest BCUT2D eigenvalue weighted by atomic mass is 10.2. The lowest BCUT2D eigenvalue weighted by Gasteiger charge is -2.17. The highest BCUT2D eigenvalue weighted by atomic mass is 15.4. The number of aryl methyl sites for hydroxylation is 1. The van der Waals surface area contributed by atoms with Gasteiger partial charge < -0.3 is 10.7 Å². The van der Waals surface area contributed by atoms with Gasteiger partial charge in [0.05, 0.1) is 13.1 Å². The van der Waals surface area contributed by atoms with Gasteiger partial charge in [0.15, 0.2) is 0 Å². The topological polar surface area (TPSA) is 48.5 Å². The summed E-state index contributed by atoms with van der Waals surface area (Å²) >= 11 is 0. The first-order valence-electron chi connectivity index (χ1n) is 5.18. The van der Waals surface area contributed by atoms with Crippen LogP contribution in [0.5, 0.6) is 0 Å². The average Bonchev–Trinajstić information content (AvgIpc) is 2.29. The Hall–Kier alpha value is -1.55. The summed E-state index contributed by atoms with van der Waals surface area (Å²) < 4.78 is 0. The van der Waals surface area contributed by atoms with Gasteiger partial charge in [-0.3, -0.25) is 4.99 Å². The van der Waals surface area contributed by atoms with E-state index in [4.69, 9.17) is 0 Å². The molecule has 0 saturated carbocycles. The van der Waals surface area contributed by atoms with Crippen LogP contribution in [-0.2, 0) is 0 Å². The molecule has 0 unspecified atom stereocenters. The van der Waals surface area contributed by atoms with Gasteiger partial charge in [-0.25, -0.2) is 5.43 Å². The van der Waals surface area contributed by atoms with E-state index in [1.54, 1.807) is 0 Å². The van der Waals surface area contributed by atoms with E-state index in [2.05, 4.69) is 40.2 Å². The standard InChI is InChI=1S/C11H16N4/c1-9-4-2-3-5-10(9)13-8-11-12-6-7-14-15-11/h2-5,13-14H,6-8H2,1H3,(H,12,15). The molecule has 0 aromatic heterocycles. The second-order valence-electron chi connectivity index (χ2n) is 3.55. The number of hydrogen-bond donors (Lipinski definition) is 3. The van der Waals surface area contributed by atoms with Crippen molar-refractivity contribution in [1.29, 1.82) is 0 Å². The number of nitrogens with one attached hydrogen (secondary N) is 3. The molecular weight excluding hydrogens is 188 g/mol. The number of hydrazine groups is 1. The molecular formula is C11H16N4. The highest BCUT2D eigenvalue weighted by Crippen LogP contribution is 2.12. The summed E-state index contributed by atoms with van der Waals surface area (Å²) in [7, 11) is 0. The number of amidine groups is 1. The molecule has 1 aliphatic rings. The second-order valence-corrected chi connectivity index (χ2v) is 3.55. The number of aliphatic imine (C=N–C) groups is 1. The van der Waals surface area contributed by atoms with Crippen LogP contribution >= 0.6 is 0 Å². The molecule has 0 radical (unpaired) electrons. The van der Waals surface area contributed by atoms with Gasteiger partial charge in [-0.15, -0.1) is 0 Å². The minimum Gasteiger partial charge on any atom is -0.378 e. The predicted octanol–water partition coefficient (Wildman–Crippen LogP) is 0.913. The molecule has 15 heavy (non-hydrogen) atoms. The third-order valence-electron chi connectivity index (χ3n) is 2.36. The molecule has 0 aliphatic carbocycles. The third kappa shape index (κ3) is 2.70. The van der Waals surface area contributed by atoms with Crippen molar-refractivity contribution in [1.82, 2.24) is 10.9 Å². The molecule has 1 aliphatic heterocycles. The van der Waals surface area contributed by atoms with Crippen molar-refractivity contribution < 1.29 is 0 Å². The van der Waals surface area contributed by atoms with Crippen LogP contribution in [0.4, 0.5) is 5.69 Å². The van der Waals surface area contributed by atoms with Crippen molar-refractivity contribution in [3.63, 3.8) is 0 Å². The van der Waals surface area contributed by atoms with Crippen LogP contribution in [0, 0.1) is 6.92 Å². The fraction of sp³-hybridized carbons (Fsp3) is 0.364. The van der Waals surface area contributed by atoms with E-state index in [1.807, 2.05) is 12.1 Å². The molecule has 0 atom stereocenters. The summed E-state index contributed by atoms with van der Waals surface area (Å²) in [6, 6.07) is 8.24. The van der Waals surface area contributed by atoms with E-state index in [9.17, 15) is 0 Å². The van der Waals surface area contributed by atoms with Crippen molar-refractivity contribution in [2.45, 2.75) is 6.92 Å². The lowest BCUT2D eigenvalue weighted by Crippen LogP contribution is -2.45. The van der Waals surface area contributed by atoms with Gasteiger partial charge in [-0.05, 0) is 18.6 Å². The van der Waals surface area contributed by atoms with Crippen molar-refractivity contribution in [3.8, 4) is 0 Å². The van der Waals surface area contributed by atoms with Crippen LogP contribution in [-0.4, -0.2) is 25.5 Å². The van der Waals surface area contributed by atoms with Gasteiger partial charge in [0, 0.05) is 12.2 Å². The number of anilines is 1. The maximum absolute atomic E-state index is 4.35. The predicted molar refractivity (Wildman–Crippen MR) is 63.1 cm³/mol. The zero-order valence-corrected chi connectivity index (χ0v) is 8.88. The highest BCUT2D eigenvalue weighted by Gasteiger charge is 2.03. The first-order chi connectivity index (χ1) is 7.36. The summed E-state index contributed by atoms with van der Waals surface area (Å²) in [4.78, 5) is 4.35. The van der Waals surface area contributed by atoms with Crippen LogP contribution in [0.2, 0.25) is 0 Å². The molecule has 0 bridgehead atoms. The highest BCUT2D eigenvalue weighted by molar-refractivity contribution is 5.86. The maximum Gasteiger partial charge on any atom is 0.130 e. The number of nitrogens with zero attached hydrogens (tertiary/aromatic N) is 1. The van der Waals surface area contributed by atoms with Crippen molar-refractivity contribution in [2.75, 3.05) is 25.0 Å². The minimum atomic E-state index is 0.734. The van der Waals surface area contributed by atoms with E-state index in [-0.39, 0.29) is 0 Å². The first kappa shape index (κ1) is 9.98. The van der Waals surface area contributed by atoms with Gasteiger partial charge in [0.2, 0.25) is 0 Å². The number of benzene rings is 1. The molecule has 80 valence electrons. The van der Waals surface area contributed by atoms with Gasteiger partial charge in [-0.2, -0.15) is 0 Å². The molecule has 1 aromatic rings. The van der Waals surface area contributed by atoms with Crippen molar-refractivity contribution in [2.24, 2.45) is 4.99 Å². The molecule has 0 spiro atoms. The van der Waals surface area contributed by atoms with Gasteiger partial charge in [0.1, 0.15) is 5.84 Å². The zero-order chi connectivity index (χ0) is 10.5. The van der Waals surface area contributed by atoms with Gasteiger partial charge in [0.25, 0.3) is 0 Å². The Morgan fingerprint density at radius 3 is 3.00 bits per heavy atom. The molecule has 1 aromatic carbocycles. The molecule has 4 nitrogen and oxygen atoms in total. The monoisotopic (exact) mass is 204 g/mol. The maximum atomic E-state index is 4.35. The Morgan fingerprint density at radius 2 is 2.27 bits per heavy atom. The van der Waals surface area contributed by atoms with Crippen LogP contribution in [0.1, 0.15) is 5.56 Å². The molecule has 4 heteroatoms. The normalized spacial score (nSPS) is 15.4. The fourth-order valence-electron chi connectivity index (χ4n) is 1.50. The Bertz CT molecular complexity index is 359. The molecule has 0 amide bonds. The molecule has 3 N–H and O–H groups in total. The second kappa shape index (κ2) is 4.79. The van der Waals surface area contributed by atoms with Crippen LogP contribution in [0.15, 0.2) is 29.3 Å². The SMILES string of the molecule is Cc1ccccc1NCC1=NCCNN1. The summed E-state index contributed by atoms with van der Waals surface area (Å²) in [6.07, 6.45) is 0. The number of hydrogen-bond acceptors (Lipinski definition) is 4. The fourth-order valence-corrected chi connectivity index (χ4v) is 1.50. The Kier molecular flexibility index (Phi) is 3.19. The minimum absolute atomic E-state index is 0.734. The average molecular weight is 204 g/mol. The summed E-state index contributed by atoms with van der Waals surface area (Å²) in [6.45, 7) is 4.57. The Morgan fingerprint density at radius 1 is 1.40 bits per heavy atom. The summed E-state index contributed by atoms with van der Waals surface area (Å²) in [5, 5.41) is 3.35. The van der Waals surface area contributed by atoms with Crippen LogP contribution < -0.4 is 16.2 Å². The smallest absolute Gasteiger partial charge is 0.130 e. The zero-order valence-electron chi connectivity index (χ0n) is 8.88.